The maximum absolute atomic E-state index is 9.52. The molecule has 0 radical (unpaired) electrons. The molecule has 0 saturated heterocycles. The van der Waals surface area contributed by atoms with Gasteiger partial charge in [0.05, 0.1) is 47.0 Å². The molecule has 7 nitrogen and oxygen atoms in total. The fourth-order valence-corrected chi connectivity index (χ4v) is 5.60. The Morgan fingerprint density at radius 1 is 0.388 bits per heavy atom. The van der Waals surface area contributed by atoms with Gasteiger partial charge >= 0.3 is 0 Å². The van der Waals surface area contributed by atoms with Gasteiger partial charge < -0.3 is 4.90 Å². The van der Waals surface area contributed by atoms with E-state index in [1.165, 1.54) is 0 Å². The molecule has 0 aliphatic rings. The van der Waals surface area contributed by atoms with E-state index in [1.807, 2.05) is 78.9 Å². The predicted molar refractivity (Wildman–Crippen MR) is 187 cm³/mol. The minimum Gasteiger partial charge on any atom is -0.311 e. The van der Waals surface area contributed by atoms with Gasteiger partial charge in [-0.3, -0.25) is 0 Å². The smallest absolute Gasteiger partial charge is 0.189 e. The summed E-state index contributed by atoms with van der Waals surface area (Å²) in [6.45, 7) is 7.43. The van der Waals surface area contributed by atoms with Gasteiger partial charge in [0.2, 0.25) is 0 Å². The van der Waals surface area contributed by atoms with Crippen molar-refractivity contribution in [1.29, 1.82) is 26.3 Å². The van der Waals surface area contributed by atoms with E-state index in [2.05, 4.69) is 40.1 Å². The van der Waals surface area contributed by atoms with E-state index in [9.17, 15) is 26.3 Å². The van der Waals surface area contributed by atoms with E-state index in [-0.39, 0.29) is 0 Å². The van der Waals surface area contributed by atoms with Gasteiger partial charge in [-0.15, -0.1) is 0 Å². The minimum atomic E-state index is 0.317. The molecule has 49 heavy (non-hydrogen) atoms. The average molecular weight is 624 g/mol. The summed E-state index contributed by atoms with van der Waals surface area (Å²) in [6.07, 6.45) is 0. The molecule has 224 valence electrons. The van der Waals surface area contributed by atoms with Gasteiger partial charge in [-0.2, -0.15) is 26.3 Å². The molecule has 0 aliphatic heterocycles. The van der Waals surface area contributed by atoms with Crippen LogP contribution in [0.25, 0.3) is 38.2 Å². The molecule has 0 heterocycles. The molecule has 0 saturated carbocycles. The van der Waals surface area contributed by atoms with Gasteiger partial charge in [0.25, 0.3) is 0 Å². The Labute approximate surface area is 283 Å². The van der Waals surface area contributed by atoms with Gasteiger partial charge in [-0.05, 0) is 118 Å². The van der Waals surface area contributed by atoms with Crippen LogP contribution in [-0.4, -0.2) is 0 Å². The van der Waals surface area contributed by atoms with Crippen molar-refractivity contribution in [2.45, 2.75) is 0 Å². The third-order valence-corrected chi connectivity index (χ3v) is 8.00. The van der Waals surface area contributed by atoms with E-state index in [4.69, 9.17) is 6.57 Å². The fourth-order valence-electron chi connectivity index (χ4n) is 5.60. The van der Waals surface area contributed by atoms with Gasteiger partial charge in [-0.1, -0.05) is 42.5 Å². The Kier molecular flexibility index (Phi) is 8.61. The second-order valence-corrected chi connectivity index (χ2v) is 11.0. The first-order valence-electron chi connectivity index (χ1n) is 14.9. The Hall–Kier alpha value is -7.94. The average Bonchev–Trinajstić information content (AvgIpc) is 3.18. The van der Waals surface area contributed by atoms with Crippen molar-refractivity contribution in [1.82, 2.24) is 0 Å². The van der Waals surface area contributed by atoms with Crippen LogP contribution in [0.2, 0.25) is 0 Å². The largest absolute Gasteiger partial charge is 0.311 e. The topological polar surface area (TPSA) is 127 Å². The fraction of sp³-hybridized carbons (Fsp3) is 0. The number of anilines is 3. The molecular formula is C42H21N7. The number of hydrogen-bond donors (Lipinski definition) is 0. The first kappa shape index (κ1) is 31.1. The Morgan fingerprint density at radius 2 is 0.796 bits per heavy atom. The van der Waals surface area contributed by atoms with E-state index in [0.717, 1.165) is 50.4 Å². The second-order valence-electron chi connectivity index (χ2n) is 11.0. The summed E-state index contributed by atoms with van der Waals surface area (Å²) in [7, 11) is 0. The lowest BCUT2D eigenvalue weighted by atomic mass is 9.99. The number of nitriles is 5. The van der Waals surface area contributed by atoms with Crippen LogP contribution >= 0.6 is 0 Å². The zero-order valence-electron chi connectivity index (χ0n) is 25.8. The Bertz CT molecular complexity index is 2300. The molecule has 7 heteroatoms. The zero-order chi connectivity index (χ0) is 34.3. The summed E-state index contributed by atoms with van der Waals surface area (Å²) in [5.41, 5.74) is 9.79. The Morgan fingerprint density at radius 3 is 1.22 bits per heavy atom. The van der Waals surface area contributed by atoms with Crippen LogP contribution in [0.1, 0.15) is 27.8 Å². The first-order chi connectivity index (χ1) is 24.0. The molecule has 6 aromatic carbocycles. The van der Waals surface area contributed by atoms with Crippen LogP contribution in [-0.2, 0) is 0 Å². The van der Waals surface area contributed by atoms with E-state index in [1.54, 1.807) is 48.5 Å². The first-order valence-corrected chi connectivity index (χ1v) is 14.9. The summed E-state index contributed by atoms with van der Waals surface area (Å²) in [4.78, 5) is 5.60. The highest BCUT2D eigenvalue weighted by Crippen LogP contribution is 2.38. The SMILES string of the molecule is [C-]#[N+]c1cc(C#N)cc(-c2ccc(N(c3ccc(-c4cc(C#N)cc(C#N)c4)cc3)c3ccc(-c4ccc(C#N)c(C#N)c4)cc3)cc2)c1. The molecular weight excluding hydrogens is 603 g/mol. The van der Waals surface area contributed by atoms with E-state index < -0.39 is 0 Å². The maximum Gasteiger partial charge on any atom is 0.189 e. The van der Waals surface area contributed by atoms with Crippen molar-refractivity contribution in [3.8, 4) is 63.7 Å². The van der Waals surface area contributed by atoms with E-state index >= 15 is 0 Å². The van der Waals surface area contributed by atoms with Gasteiger partial charge in [0.1, 0.15) is 12.1 Å². The summed E-state index contributed by atoms with van der Waals surface area (Å²) in [6, 6.07) is 49.4. The monoisotopic (exact) mass is 623 g/mol. The molecule has 0 fully saturated rings. The highest BCUT2D eigenvalue weighted by Gasteiger charge is 2.15. The van der Waals surface area contributed by atoms with Gasteiger partial charge in [0, 0.05) is 22.6 Å². The van der Waals surface area contributed by atoms with Crippen LogP contribution in [0.15, 0.2) is 127 Å². The molecule has 0 aliphatic carbocycles. The van der Waals surface area contributed by atoms with Gasteiger partial charge in [-0.25, -0.2) is 4.85 Å². The van der Waals surface area contributed by atoms with Crippen LogP contribution < -0.4 is 4.90 Å². The van der Waals surface area contributed by atoms with Crippen molar-refractivity contribution in [3.05, 3.63) is 167 Å². The predicted octanol–water partition coefficient (Wildman–Crippen LogP) is 10.1. The zero-order valence-corrected chi connectivity index (χ0v) is 25.8. The molecule has 0 aromatic heterocycles. The second kappa shape index (κ2) is 13.6. The van der Waals surface area contributed by atoms with Crippen molar-refractivity contribution in [3.63, 3.8) is 0 Å². The third-order valence-electron chi connectivity index (χ3n) is 8.00. The van der Waals surface area contributed by atoms with Crippen LogP contribution in [0, 0.1) is 63.2 Å². The molecule has 6 aromatic rings. The maximum atomic E-state index is 9.52. The summed E-state index contributed by atoms with van der Waals surface area (Å²) >= 11 is 0. The van der Waals surface area contributed by atoms with Crippen molar-refractivity contribution in [2.24, 2.45) is 0 Å². The van der Waals surface area contributed by atoms with Crippen LogP contribution in [0.4, 0.5) is 22.7 Å². The highest BCUT2D eigenvalue weighted by molar-refractivity contribution is 5.82. The molecule has 0 unspecified atom stereocenters. The molecule has 0 bridgehead atoms. The standard InChI is InChI=1S/C42H21N7/c1-48-39-20-30(25-45)19-37(22-39)33-8-14-42(15-9-33)49(40-10-4-31(5-11-40)34-2-3-35(26-46)38(21-34)27-47)41-12-6-32(7-13-41)36-17-28(23-43)16-29(18-36)24-44/h2-22H. The minimum absolute atomic E-state index is 0.317. The quantitative estimate of drug-likeness (QED) is 0.170. The summed E-state index contributed by atoms with van der Waals surface area (Å²) < 4.78 is 0. The molecule has 0 spiro atoms. The van der Waals surface area contributed by atoms with Crippen molar-refractivity contribution < 1.29 is 0 Å². The number of nitrogens with zero attached hydrogens (tertiary/aromatic N) is 7. The molecule has 0 amide bonds. The number of rotatable bonds is 6. The van der Waals surface area contributed by atoms with E-state index in [0.29, 0.717) is 33.5 Å². The lowest BCUT2D eigenvalue weighted by molar-refractivity contribution is 1.28. The Balaban J connectivity index is 1.41. The third kappa shape index (κ3) is 6.42. The van der Waals surface area contributed by atoms with Crippen molar-refractivity contribution >= 4 is 22.7 Å². The van der Waals surface area contributed by atoms with Crippen LogP contribution in [0.5, 0.6) is 0 Å². The molecule has 0 atom stereocenters. The number of benzene rings is 6. The summed E-state index contributed by atoms with van der Waals surface area (Å²) in [5.74, 6) is 0. The lowest BCUT2D eigenvalue weighted by Crippen LogP contribution is -2.09. The summed E-state index contributed by atoms with van der Waals surface area (Å²) in [5, 5.41) is 47.2. The van der Waals surface area contributed by atoms with Crippen molar-refractivity contribution in [2.75, 3.05) is 4.90 Å². The van der Waals surface area contributed by atoms with Crippen LogP contribution in [0.3, 0.4) is 0 Å². The lowest BCUT2D eigenvalue weighted by Gasteiger charge is -2.26. The number of hydrogen-bond acceptors (Lipinski definition) is 6. The van der Waals surface area contributed by atoms with Gasteiger partial charge in [0.15, 0.2) is 5.69 Å². The molecule has 6 rings (SSSR count). The molecule has 0 N–H and O–H groups in total. The highest BCUT2D eigenvalue weighted by atomic mass is 15.1. The normalized spacial score (nSPS) is 9.92.